The molecule has 0 radical (unpaired) electrons. The minimum absolute atomic E-state index is 0.152. The predicted molar refractivity (Wildman–Crippen MR) is 72.2 cm³/mol. The zero-order valence-corrected chi connectivity index (χ0v) is 10.2. The number of benzene rings is 1. The van der Waals surface area contributed by atoms with Crippen LogP contribution in [0, 0.1) is 0 Å². The van der Waals surface area contributed by atoms with E-state index in [1.807, 2.05) is 18.2 Å². The number of rotatable bonds is 0. The second kappa shape index (κ2) is 6.98. The molecule has 1 aliphatic heterocycles. The lowest BCUT2D eigenvalue weighted by Crippen LogP contribution is -2.11. The summed E-state index contributed by atoms with van der Waals surface area (Å²) in [6.07, 6.45) is 13.7. The van der Waals surface area contributed by atoms with Gasteiger partial charge in [0.15, 0.2) is 11.5 Å². The average Bonchev–Trinajstić information content (AvgIpc) is 2.44. The molecular weight excluding hydrogens is 242 g/mol. The molecule has 0 aliphatic carbocycles. The van der Waals surface area contributed by atoms with Gasteiger partial charge in [0.2, 0.25) is 0 Å². The van der Waals surface area contributed by atoms with Crippen molar-refractivity contribution < 1.29 is 14.7 Å². The van der Waals surface area contributed by atoms with Gasteiger partial charge in [0.1, 0.15) is 0 Å². The molecule has 1 heterocycles. The maximum atomic E-state index is 12.0. The molecule has 0 bridgehead atoms. The van der Waals surface area contributed by atoms with Gasteiger partial charge in [0, 0.05) is 6.20 Å². The molecule has 4 nitrogen and oxygen atoms in total. The molecule has 1 aliphatic rings. The monoisotopic (exact) mass is 255 g/mol. The third kappa shape index (κ3) is 3.97. The van der Waals surface area contributed by atoms with Crippen LogP contribution in [-0.2, 0) is 4.99 Å². The number of allylic oxidation sites excluding steroid dienone is 7. The Morgan fingerprint density at radius 2 is 1.63 bits per heavy atom. The molecule has 19 heavy (non-hydrogen) atoms. The number of carbonyl (C=O) groups is 1. The standard InChI is InChI=1S/C15H13NO3/c17-14-10-5-3-1-2-4-8-12-16-19-18-15-11-7-6-9-13(14)15/h1-12,16H/b3-1-,4-2-,10-5-,12-8-. The lowest BCUT2D eigenvalue weighted by Gasteiger charge is -2.06. The topological polar surface area (TPSA) is 47.6 Å². The number of hydrogen-bond acceptors (Lipinski definition) is 4. The third-order valence-electron chi connectivity index (χ3n) is 2.30. The summed E-state index contributed by atoms with van der Waals surface area (Å²) in [5.41, 5.74) is 2.92. The fourth-order valence-corrected chi connectivity index (χ4v) is 1.42. The Morgan fingerprint density at radius 3 is 2.53 bits per heavy atom. The van der Waals surface area contributed by atoms with Gasteiger partial charge >= 0.3 is 0 Å². The summed E-state index contributed by atoms with van der Waals surface area (Å²) in [5, 5.41) is 0. The van der Waals surface area contributed by atoms with E-state index in [0.29, 0.717) is 11.3 Å². The molecule has 0 aromatic heterocycles. The third-order valence-corrected chi connectivity index (χ3v) is 2.30. The number of carbonyl (C=O) groups excluding carboxylic acids is 1. The van der Waals surface area contributed by atoms with Gasteiger partial charge in [-0.2, -0.15) is 0 Å². The number of nitrogens with one attached hydrogen (secondary N) is 1. The number of hydroxylamine groups is 1. The van der Waals surface area contributed by atoms with Crippen LogP contribution in [0.1, 0.15) is 10.4 Å². The Hall–Kier alpha value is -2.59. The van der Waals surface area contributed by atoms with Crippen LogP contribution in [0.4, 0.5) is 0 Å². The molecule has 0 spiro atoms. The zero-order valence-electron chi connectivity index (χ0n) is 10.2. The number of para-hydroxylation sites is 1. The fraction of sp³-hybridized carbons (Fsp3) is 0. The second-order valence-electron chi connectivity index (χ2n) is 3.63. The highest BCUT2D eigenvalue weighted by molar-refractivity contribution is 6.06. The Morgan fingerprint density at radius 1 is 0.895 bits per heavy atom. The van der Waals surface area contributed by atoms with Crippen molar-refractivity contribution in [2.24, 2.45) is 0 Å². The van der Waals surface area contributed by atoms with Crippen LogP contribution in [0.2, 0.25) is 0 Å². The van der Waals surface area contributed by atoms with Crippen LogP contribution in [-0.4, -0.2) is 5.78 Å². The van der Waals surface area contributed by atoms with Gasteiger partial charge in [-0.15, -0.1) is 0 Å². The molecular formula is C15H13NO3. The van der Waals surface area contributed by atoms with Crippen LogP contribution in [0.3, 0.4) is 0 Å². The van der Waals surface area contributed by atoms with Gasteiger partial charge in [-0.05, 0) is 24.3 Å². The predicted octanol–water partition coefficient (Wildman–Crippen LogP) is 2.88. The molecule has 1 aromatic rings. The molecule has 1 N–H and O–H groups in total. The number of hydrogen-bond donors (Lipinski definition) is 1. The van der Waals surface area contributed by atoms with Gasteiger partial charge in [0.05, 0.1) is 5.56 Å². The summed E-state index contributed by atoms with van der Waals surface area (Å²) in [7, 11) is 0. The maximum absolute atomic E-state index is 12.0. The van der Waals surface area contributed by atoms with Crippen molar-refractivity contribution in [1.29, 1.82) is 0 Å². The van der Waals surface area contributed by atoms with Crippen molar-refractivity contribution in [3.05, 3.63) is 78.6 Å². The molecule has 0 unspecified atom stereocenters. The highest BCUT2D eigenvalue weighted by Gasteiger charge is 2.09. The van der Waals surface area contributed by atoms with Crippen molar-refractivity contribution >= 4 is 5.78 Å². The second-order valence-corrected chi connectivity index (χ2v) is 3.63. The van der Waals surface area contributed by atoms with E-state index < -0.39 is 0 Å². The van der Waals surface area contributed by atoms with Crippen molar-refractivity contribution in [3.63, 3.8) is 0 Å². The normalized spacial score (nSPS) is 22.0. The molecule has 96 valence electrons. The maximum Gasteiger partial charge on any atom is 0.189 e. The lowest BCUT2D eigenvalue weighted by atomic mass is 10.1. The van der Waals surface area contributed by atoms with Crippen LogP contribution < -0.4 is 10.4 Å². The van der Waals surface area contributed by atoms with Gasteiger partial charge in [-0.25, -0.2) is 5.48 Å². The molecule has 0 fully saturated rings. The number of fused-ring (bicyclic) bond motifs is 1. The van der Waals surface area contributed by atoms with Gasteiger partial charge in [-0.1, -0.05) is 47.5 Å². The number of ketones is 1. The van der Waals surface area contributed by atoms with Gasteiger partial charge in [-0.3, -0.25) is 4.79 Å². The molecule has 0 saturated heterocycles. The van der Waals surface area contributed by atoms with Gasteiger partial charge in [0.25, 0.3) is 0 Å². The first kappa shape index (κ1) is 12.9. The first-order chi connectivity index (χ1) is 9.38. The largest absolute Gasteiger partial charge is 0.314 e. The highest BCUT2D eigenvalue weighted by Crippen LogP contribution is 2.19. The summed E-state index contributed by atoms with van der Waals surface area (Å²) >= 11 is 0. The van der Waals surface area contributed by atoms with Crippen LogP contribution >= 0.6 is 0 Å². The lowest BCUT2D eigenvalue weighted by molar-refractivity contribution is -0.245. The smallest absolute Gasteiger partial charge is 0.189 e. The Bertz CT molecular complexity index is 556. The zero-order chi connectivity index (χ0) is 13.3. The van der Waals surface area contributed by atoms with Gasteiger partial charge < -0.3 is 4.89 Å². The van der Waals surface area contributed by atoms with E-state index in [4.69, 9.17) is 9.88 Å². The van der Waals surface area contributed by atoms with E-state index in [0.717, 1.165) is 0 Å². The molecule has 1 aromatic carbocycles. The van der Waals surface area contributed by atoms with E-state index in [-0.39, 0.29) is 5.78 Å². The van der Waals surface area contributed by atoms with E-state index >= 15 is 0 Å². The van der Waals surface area contributed by atoms with Crippen molar-refractivity contribution in [2.45, 2.75) is 0 Å². The van der Waals surface area contributed by atoms with Crippen molar-refractivity contribution in [2.75, 3.05) is 0 Å². The van der Waals surface area contributed by atoms with Crippen LogP contribution in [0.15, 0.2) is 73.0 Å². The Balaban J connectivity index is 2.26. The SMILES string of the molecule is O=C1\C=C/C=C\C=C/C=C\NOOc2ccccc21. The van der Waals surface area contributed by atoms with Crippen molar-refractivity contribution in [3.8, 4) is 5.75 Å². The summed E-state index contributed by atoms with van der Waals surface area (Å²) in [6, 6.07) is 6.87. The molecule has 0 saturated carbocycles. The Labute approximate surface area is 111 Å². The molecule has 0 atom stereocenters. The van der Waals surface area contributed by atoms with Crippen LogP contribution in [0.25, 0.3) is 0 Å². The first-order valence-corrected chi connectivity index (χ1v) is 5.77. The molecule has 4 heteroatoms. The summed E-state index contributed by atoms with van der Waals surface area (Å²) < 4.78 is 0. The van der Waals surface area contributed by atoms with E-state index in [1.54, 1.807) is 48.7 Å². The quantitative estimate of drug-likeness (QED) is 0.724. The van der Waals surface area contributed by atoms with Crippen LogP contribution in [0.5, 0.6) is 5.75 Å². The summed E-state index contributed by atoms with van der Waals surface area (Å²) in [5.74, 6) is 0.204. The minimum atomic E-state index is -0.152. The van der Waals surface area contributed by atoms with E-state index in [9.17, 15) is 4.79 Å². The molecule has 0 amide bonds. The first-order valence-electron chi connectivity index (χ1n) is 5.77. The average molecular weight is 255 g/mol. The van der Waals surface area contributed by atoms with E-state index in [1.165, 1.54) is 6.08 Å². The summed E-state index contributed by atoms with van der Waals surface area (Å²) in [4.78, 5) is 21.8. The minimum Gasteiger partial charge on any atom is -0.314 e. The fourth-order valence-electron chi connectivity index (χ4n) is 1.42. The van der Waals surface area contributed by atoms with E-state index in [2.05, 4.69) is 5.48 Å². The Kier molecular flexibility index (Phi) is 4.72. The molecule has 2 rings (SSSR count). The van der Waals surface area contributed by atoms with Crippen molar-refractivity contribution in [1.82, 2.24) is 5.48 Å². The highest BCUT2D eigenvalue weighted by atomic mass is 17.3. The summed E-state index contributed by atoms with van der Waals surface area (Å²) in [6.45, 7) is 0.